The number of pyridine rings is 1. The fourth-order valence-electron chi connectivity index (χ4n) is 2.14. The Morgan fingerprint density at radius 2 is 2.24 bits per heavy atom. The van der Waals surface area contributed by atoms with Gasteiger partial charge in [-0.15, -0.1) is 0 Å². The lowest BCUT2D eigenvalue weighted by molar-refractivity contribution is 0.0813. The summed E-state index contributed by atoms with van der Waals surface area (Å²) >= 11 is 0. The van der Waals surface area contributed by atoms with Crippen molar-refractivity contribution in [3.63, 3.8) is 0 Å². The Morgan fingerprint density at radius 3 is 2.88 bits per heavy atom. The van der Waals surface area contributed by atoms with Crippen LogP contribution in [0.4, 0.5) is 0 Å². The Bertz CT molecular complexity index is 359. The molecular weight excluding hydrogens is 212 g/mol. The first-order valence-corrected chi connectivity index (χ1v) is 6.55. The summed E-state index contributed by atoms with van der Waals surface area (Å²) in [5.74, 6) is 1.30. The summed E-state index contributed by atoms with van der Waals surface area (Å²) in [5, 5.41) is 3.43. The molecule has 1 heterocycles. The smallest absolute Gasteiger partial charge is 0.213 e. The molecule has 17 heavy (non-hydrogen) atoms. The summed E-state index contributed by atoms with van der Waals surface area (Å²) in [6.45, 7) is 7.55. The minimum absolute atomic E-state index is 0.342. The molecular formula is C14H22N2O. The van der Waals surface area contributed by atoms with Crippen LogP contribution in [0, 0.1) is 0 Å². The van der Waals surface area contributed by atoms with Crippen LogP contribution in [-0.2, 0) is 0 Å². The Balaban J connectivity index is 1.86. The minimum atomic E-state index is 0.342. The van der Waals surface area contributed by atoms with Crippen molar-refractivity contribution in [2.75, 3.05) is 6.54 Å². The van der Waals surface area contributed by atoms with E-state index in [1.165, 1.54) is 5.56 Å². The fraction of sp³-hybridized carbons (Fsp3) is 0.643. The number of nitrogens with zero attached hydrogens (tertiary/aromatic N) is 1. The molecule has 1 N–H and O–H groups in total. The third-order valence-corrected chi connectivity index (χ3v) is 3.30. The predicted octanol–water partition coefficient (Wildman–Crippen LogP) is 2.72. The summed E-state index contributed by atoms with van der Waals surface area (Å²) in [4.78, 5) is 4.27. The van der Waals surface area contributed by atoms with Gasteiger partial charge in [-0.05, 0) is 36.9 Å². The number of rotatable bonds is 5. The number of nitrogens with one attached hydrogen (secondary N) is 1. The SMILES string of the molecule is CCN[C@H]1C[C@H](Oc2cc(C(C)C)ccn2)C1. The summed E-state index contributed by atoms with van der Waals surface area (Å²) in [5.41, 5.74) is 1.29. The summed E-state index contributed by atoms with van der Waals surface area (Å²) in [6.07, 6.45) is 4.38. The lowest BCUT2D eigenvalue weighted by Crippen LogP contribution is -2.46. The molecule has 0 radical (unpaired) electrons. The Kier molecular flexibility index (Phi) is 4.00. The van der Waals surface area contributed by atoms with Crippen LogP contribution in [0.5, 0.6) is 5.88 Å². The molecule has 1 aliphatic carbocycles. The van der Waals surface area contributed by atoms with E-state index in [0.29, 0.717) is 18.1 Å². The van der Waals surface area contributed by atoms with Gasteiger partial charge in [-0.1, -0.05) is 20.8 Å². The van der Waals surface area contributed by atoms with Crippen LogP contribution in [0.3, 0.4) is 0 Å². The molecule has 0 aromatic carbocycles. The van der Waals surface area contributed by atoms with Gasteiger partial charge in [0, 0.05) is 18.3 Å². The van der Waals surface area contributed by atoms with E-state index < -0.39 is 0 Å². The van der Waals surface area contributed by atoms with E-state index in [2.05, 4.69) is 43.2 Å². The average Bonchev–Trinajstić information content (AvgIpc) is 2.27. The molecule has 1 aliphatic rings. The van der Waals surface area contributed by atoms with Gasteiger partial charge in [0.25, 0.3) is 0 Å². The van der Waals surface area contributed by atoms with Gasteiger partial charge in [-0.3, -0.25) is 0 Å². The highest BCUT2D eigenvalue weighted by Gasteiger charge is 2.30. The van der Waals surface area contributed by atoms with Gasteiger partial charge in [0.1, 0.15) is 6.10 Å². The lowest BCUT2D eigenvalue weighted by atomic mass is 9.89. The second kappa shape index (κ2) is 5.50. The second-order valence-corrected chi connectivity index (χ2v) is 5.05. The monoisotopic (exact) mass is 234 g/mol. The van der Waals surface area contributed by atoms with Crippen molar-refractivity contribution < 1.29 is 4.74 Å². The highest BCUT2D eigenvalue weighted by Crippen LogP contribution is 2.26. The van der Waals surface area contributed by atoms with Crippen molar-refractivity contribution in [1.29, 1.82) is 0 Å². The van der Waals surface area contributed by atoms with E-state index >= 15 is 0 Å². The molecule has 1 saturated carbocycles. The molecule has 3 heteroatoms. The second-order valence-electron chi connectivity index (χ2n) is 5.05. The molecule has 3 nitrogen and oxygen atoms in total. The Morgan fingerprint density at radius 1 is 1.47 bits per heavy atom. The highest BCUT2D eigenvalue weighted by molar-refractivity contribution is 5.23. The predicted molar refractivity (Wildman–Crippen MR) is 69.4 cm³/mol. The maximum Gasteiger partial charge on any atom is 0.213 e. The van der Waals surface area contributed by atoms with Crippen LogP contribution in [0.2, 0.25) is 0 Å². The molecule has 0 spiro atoms. The third-order valence-electron chi connectivity index (χ3n) is 3.30. The van der Waals surface area contributed by atoms with Gasteiger partial charge in [-0.25, -0.2) is 4.98 Å². The third kappa shape index (κ3) is 3.19. The summed E-state index contributed by atoms with van der Waals surface area (Å²) in [6, 6.07) is 4.75. The quantitative estimate of drug-likeness (QED) is 0.850. The van der Waals surface area contributed by atoms with Crippen LogP contribution in [0.15, 0.2) is 18.3 Å². The van der Waals surface area contributed by atoms with E-state index in [9.17, 15) is 0 Å². The zero-order valence-corrected chi connectivity index (χ0v) is 10.9. The Hall–Kier alpha value is -1.09. The summed E-state index contributed by atoms with van der Waals surface area (Å²) < 4.78 is 5.87. The lowest BCUT2D eigenvalue weighted by Gasteiger charge is -2.35. The van der Waals surface area contributed by atoms with Crippen LogP contribution < -0.4 is 10.1 Å². The topological polar surface area (TPSA) is 34.1 Å². The van der Waals surface area contributed by atoms with E-state index in [-0.39, 0.29) is 0 Å². The number of hydrogen-bond acceptors (Lipinski definition) is 3. The molecule has 1 aromatic rings. The molecule has 0 aliphatic heterocycles. The van der Waals surface area contributed by atoms with Crippen molar-refractivity contribution in [2.24, 2.45) is 0 Å². The molecule has 0 unspecified atom stereocenters. The number of ether oxygens (including phenoxy) is 1. The van der Waals surface area contributed by atoms with E-state index in [1.807, 2.05) is 6.20 Å². The van der Waals surface area contributed by atoms with Crippen LogP contribution >= 0.6 is 0 Å². The number of aromatic nitrogens is 1. The fourth-order valence-corrected chi connectivity index (χ4v) is 2.14. The molecule has 0 amide bonds. The molecule has 0 bridgehead atoms. The van der Waals surface area contributed by atoms with E-state index in [4.69, 9.17) is 4.74 Å². The van der Waals surface area contributed by atoms with Gasteiger partial charge in [-0.2, -0.15) is 0 Å². The van der Waals surface area contributed by atoms with Crippen LogP contribution in [0.25, 0.3) is 0 Å². The maximum atomic E-state index is 5.87. The zero-order valence-electron chi connectivity index (χ0n) is 10.9. The van der Waals surface area contributed by atoms with E-state index in [1.54, 1.807) is 0 Å². The molecule has 1 fully saturated rings. The van der Waals surface area contributed by atoms with Crippen molar-refractivity contribution in [1.82, 2.24) is 10.3 Å². The standard InChI is InChI=1S/C14H22N2O/c1-4-15-12-8-13(9-12)17-14-7-11(10(2)3)5-6-16-14/h5-7,10,12-13,15H,4,8-9H2,1-3H3/t12-,13-. The van der Waals surface area contributed by atoms with Gasteiger partial charge < -0.3 is 10.1 Å². The molecule has 94 valence electrons. The maximum absolute atomic E-state index is 5.87. The van der Waals surface area contributed by atoms with Crippen LogP contribution in [-0.4, -0.2) is 23.7 Å². The Labute approximate surface area is 104 Å². The molecule has 2 rings (SSSR count). The first-order chi connectivity index (χ1) is 8.19. The van der Waals surface area contributed by atoms with Crippen molar-refractivity contribution in [3.8, 4) is 5.88 Å². The van der Waals surface area contributed by atoms with E-state index in [0.717, 1.165) is 25.3 Å². The molecule has 1 aromatic heterocycles. The normalized spacial score (nSPS) is 23.5. The van der Waals surface area contributed by atoms with Crippen LogP contribution in [0.1, 0.15) is 45.1 Å². The van der Waals surface area contributed by atoms with Gasteiger partial charge in [0.2, 0.25) is 5.88 Å². The first kappa shape index (κ1) is 12.4. The molecule has 0 atom stereocenters. The summed E-state index contributed by atoms with van der Waals surface area (Å²) in [7, 11) is 0. The van der Waals surface area contributed by atoms with Crippen molar-refractivity contribution in [3.05, 3.63) is 23.9 Å². The number of hydrogen-bond donors (Lipinski definition) is 1. The largest absolute Gasteiger partial charge is 0.474 e. The van der Waals surface area contributed by atoms with Gasteiger partial charge in [0.15, 0.2) is 0 Å². The van der Waals surface area contributed by atoms with Crippen molar-refractivity contribution in [2.45, 2.75) is 51.7 Å². The minimum Gasteiger partial charge on any atom is -0.474 e. The van der Waals surface area contributed by atoms with Gasteiger partial charge in [0.05, 0.1) is 0 Å². The first-order valence-electron chi connectivity index (χ1n) is 6.55. The molecule has 0 saturated heterocycles. The van der Waals surface area contributed by atoms with Gasteiger partial charge >= 0.3 is 0 Å². The average molecular weight is 234 g/mol. The van der Waals surface area contributed by atoms with Crippen molar-refractivity contribution >= 4 is 0 Å². The zero-order chi connectivity index (χ0) is 12.3. The highest BCUT2D eigenvalue weighted by atomic mass is 16.5.